The summed E-state index contributed by atoms with van der Waals surface area (Å²) < 4.78 is 1.78. The van der Waals surface area contributed by atoms with Crippen LogP contribution in [0.3, 0.4) is 0 Å². The van der Waals surface area contributed by atoms with E-state index in [4.69, 9.17) is 0 Å². The fourth-order valence-corrected chi connectivity index (χ4v) is 4.41. The van der Waals surface area contributed by atoms with Crippen LogP contribution in [0.15, 0.2) is 73.2 Å². The van der Waals surface area contributed by atoms with Crippen LogP contribution in [0.5, 0.6) is 0 Å². The van der Waals surface area contributed by atoms with E-state index < -0.39 is 6.04 Å². The molecule has 9 nitrogen and oxygen atoms in total. The van der Waals surface area contributed by atoms with Crippen LogP contribution in [-0.4, -0.2) is 70.2 Å². The molecule has 0 unspecified atom stereocenters. The third-order valence-corrected chi connectivity index (χ3v) is 6.51. The van der Waals surface area contributed by atoms with Crippen LogP contribution in [0.4, 0.5) is 5.82 Å². The van der Waals surface area contributed by atoms with E-state index >= 15 is 0 Å². The molecule has 0 saturated carbocycles. The van der Waals surface area contributed by atoms with Gasteiger partial charge in [-0.2, -0.15) is 5.10 Å². The molecule has 5 rings (SSSR count). The molecular weight excluding hydrogens is 456 g/mol. The van der Waals surface area contributed by atoms with E-state index in [0.717, 1.165) is 28.0 Å². The fraction of sp³-hybridized carbons (Fsp3) is 0.259. The van der Waals surface area contributed by atoms with Gasteiger partial charge in [0.25, 0.3) is 5.91 Å². The highest BCUT2D eigenvalue weighted by molar-refractivity contribution is 5.94. The minimum Gasteiger partial charge on any atom is -0.394 e. The number of nitrogens with zero attached hydrogens (tertiary/aromatic N) is 5. The number of aliphatic hydroxyl groups is 1. The molecule has 1 aliphatic heterocycles. The van der Waals surface area contributed by atoms with Crippen molar-refractivity contribution in [2.24, 2.45) is 5.92 Å². The van der Waals surface area contributed by atoms with Crippen LogP contribution in [0.1, 0.15) is 22.0 Å². The third kappa shape index (κ3) is 4.52. The zero-order valence-corrected chi connectivity index (χ0v) is 20.2. The van der Waals surface area contributed by atoms with Crippen LogP contribution in [0.25, 0.3) is 16.6 Å². The minimum atomic E-state index is -0.425. The number of fused-ring (bicyclic) bond motifs is 1. The lowest BCUT2D eigenvalue weighted by molar-refractivity contribution is -0.126. The maximum atomic E-state index is 12.8. The fourth-order valence-electron chi connectivity index (χ4n) is 4.41. The topological polar surface area (TPSA) is 103 Å². The highest BCUT2D eigenvalue weighted by Crippen LogP contribution is 2.31. The molecule has 2 N–H and O–H groups in total. The first kappa shape index (κ1) is 23.5. The van der Waals surface area contributed by atoms with Gasteiger partial charge in [0.05, 0.1) is 18.6 Å². The molecule has 1 fully saturated rings. The lowest BCUT2D eigenvalue weighted by atomic mass is 9.97. The van der Waals surface area contributed by atoms with Gasteiger partial charge >= 0.3 is 0 Å². The van der Waals surface area contributed by atoms with Crippen molar-refractivity contribution in [1.82, 2.24) is 24.8 Å². The molecule has 3 heterocycles. The molecule has 0 spiro atoms. The first-order valence-corrected chi connectivity index (χ1v) is 11.8. The molecule has 184 valence electrons. The van der Waals surface area contributed by atoms with Gasteiger partial charge in [-0.3, -0.25) is 9.59 Å². The van der Waals surface area contributed by atoms with Crippen molar-refractivity contribution in [1.29, 1.82) is 0 Å². The van der Waals surface area contributed by atoms with Crippen molar-refractivity contribution >= 4 is 23.1 Å². The van der Waals surface area contributed by atoms with Gasteiger partial charge in [0, 0.05) is 44.5 Å². The predicted molar refractivity (Wildman–Crippen MR) is 137 cm³/mol. The summed E-state index contributed by atoms with van der Waals surface area (Å²) in [5.41, 5.74) is 4.29. The van der Waals surface area contributed by atoms with Gasteiger partial charge in [0.2, 0.25) is 5.91 Å². The van der Waals surface area contributed by atoms with Gasteiger partial charge in [-0.1, -0.05) is 42.5 Å². The molecule has 2 amide bonds. The SMILES string of the molecule is CN(C)C(=O)c1ccc(-c2cc3c(N4CC(C(=O)N[C@@H](CO)c5ccccc5)C4)ncnn3c2)cc1. The van der Waals surface area contributed by atoms with Gasteiger partial charge in [-0.15, -0.1) is 0 Å². The number of nitrogens with one attached hydrogen (secondary N) is 1. The average Bonchev–Trinajstić information content (AvgIpc) is 3.32. The summed E-state index contributed by atoms with van der Waals surface area (Å²) in [5, 5.41) is 17.1. The molecule has 2 aromatic heterocycles. The number of aliphatic hydroxyl groups excluding tert-OH is 1. The molecule has 0 bridgehead atoms. The maximum absolute atomic E-state index is 12.8. The lowest BCUT2D eigenvalue weighted by Gasteiger charge is -2.39. The molecular formula is C27H28N6O3. The van der Waals surface area contributed by atoms with E-state index in [-0.39, 0.29) is 24.3 Å². The maximum Gasteiger partial charge on any atom is 0.253 e. The molecule has 0 aliphatic carbocycles. The van der Waals surface area contributed by atoms with E-state index in [1.165, 1.54) is 6.33 Å². The second kappa shape index (κ2) is 9.79. The summed E-state index contributed by atoms with van der Waals surface area (Å²) in [6, 6.07) is 18.5. The molecule has 0 radical (unpaired) electrons. The second-order valence-corrected chi connectivity index (χ2v) is 9.18. The number of hydrogen-bond acceptors (Lipinski definition) is 6. The van der Waals surface area contributed by atoms with E-state index in [1.54, 1.807) is 23.5 Å². The molecule has 1 atom stereocenters. The van der Waals surface area contributed by atoms with Crippen molar-refractivity contribution in [3.05, 3.63) is 84.3 Å². The van der Waals surface area contributed by atoms with Crippen molar-refractivity contribution in [2.45, 2.75) is 6.04 Å². The van der Waals surface area contributed by atoms with Crippen LogP contribution in [0, 0.1) is 5.92 Å². The van der Waals surface area contributed by atoms with E-state index in [1.807, 2.05) is 66.9 Å². The Morgan fingerprint density at radius 3 is 2.47 bits per heavy atom. The standard InChI is InChI=1S/C27H28N6O3/c1-31(2)27(36)20-10-8-18(9-11-20)21-12-24-25(28-17-29-33(24)15-21)32-13-22(14-32)26(35)30-23(16-34)19-6-4-3-5-7-19/h3-12,15,17,22-23,34H,13-14,16H2,1-2H3,(H,30,35)/t23-/m0/s1. The first-order chi connectivity index (χ1) is 17.4. The number of amides is 2. The number of rotatable bonds is 7. The van der Waals surface area contributed by atoms with E-state index in [0.29, 0.717) is 18.7 Å². The molecule has 1 aliphatic rings. The Labute approximate surface area is 209 Å². The minimum absolute atomic E-state index is 0.0396. The molecule has 1 saturated heterocycles. The summed E-state index contributed by atoms with van der Waals surface area (Å²) in [7, 11) is 3.46. The normalized spacial score (nSPS) is 14.4. The van der Waals surface area contributed by atoms with Crippen molar-refractivity contribution < 1.29 is 14.7 Å². The van der Waals surface area contributed by atoms with Gasteiger partial charge in [0.1, 0.15) is 11.8 Å². The zero-order valence-electron chi connectivity index (χ0n) is 20.2. The first-order valence-electron chi connectivity index (χ1n) is 11.8. The summed E-state index contributed by atoms with van der Waals surface area (Å²) in [6.45, 7) is 0.913. The summed E-state index contributed by atoms with van der Waals surface area (Å²) in [6.07, 6.45) is 3.44. The Balaban J connectivity index is 1.28. The van der Waals surface area contributed by atoms with Crippen LogP contribution in [0.2, 0.25) is 0 Å². The number of anilines is 1. The number of benzene rings is 2. The van der Waals surface area contributed by atoms with E-state index in [9.17, 15) is 14.7 Å². The van der Waals surface area contributed by atoms with Crippen molar-refractivity contribution in [2.75, 3.05) is 38.7 Å². The number of carbonyl (C=O) groups is 2. The van der Waals surface area contributed by atoms with Crippen LogP contribution >= 0.6 is 0 Å². The summed E-state index contributed by atoms with van der Waals surface area (Å²) >= 11 is 0. The average molecular weight is 485 g/mol. The highest BCUT2D eigenvalue weighted by Gasteiger charge is 2.35. The van der Waals surface area contributed by atoms with Gasteiger partial charge in [-0.05, 0) is 29.3 Å². The Morgan fingerprint density at radius 2 is 1.81 bits per heavy atom. The quantitative estimate of drug-likeness (QED) is 0.418. The molecule has 36 heavy (non-hydrogen) atoms. The zero-order chi connectivity index (χ0) is 25.2. The van der Waals surface area contributed by atoms with Crippen LogP contribution < -0.4 is 10.2 Å². The highest BCUT2D eigenvalue weighted by atomic mass is 16.3. The van der Waals surface area contributed by atoms with Crippen molar-refractivity contribution in [3.8, 4) is 11.1 Å². The Kier molecular flexibility index (Phi) is 6.39. The van der Waals surface area contributed by atoms with Crippen LogP contribution in [-0.2, 0) is 4.79 Å². The number of aromatic nitrogens is 3. The predicted octanol–water partition coefficient (Wildman–Crippen LogP) is 2.38. The molecule has 9 heteroatoms. The lowest BCUT2D eigenvalue weighted by Crippen LogP contribution is -2.54. The smallest absolute Gasteiger partial charge is 0.253 e. The van der Waals surface area contributed by atoms with Gasteiger partial charge in [-0.25, -0.2) is 9.50 Å². The largest absolute Gasteiger partial charge is 0.394 e. The van der Waals surface area contributed by atoms with E-state index in [2.05, 4.69) is 20.3 Å². The summed E-state index contributed by atoms with van der Waals surface area (Å²) in [5.74, 6) is 0.459. The van der Waals surface area contributed by atoms with Gasteiger partial charge < -0.3 is 20.2 Å². The summed E-state index contributed by atoms with van der Waals surface area (Å²) in [4.78, 5) is 33.1. The van der Waals surface area contributed by atoms with Crippen molar-refractivity contribution in [3.63, 3.8) is 0 Å². The van der Waals surface area contributed by atoms with Gasteiger partial charge in [0.15, 0.2) is 5.82 Å². The Hall–Kier alpha value is -4.24. The number of carbonyl (C=O) groups excluding carboxylic acids is 2. The molecule has 4 aromatic rings. The Bertz CT molecular complexity index is 1380. The molecule has 2 aromatic carbocycles. The second-order valence-electron chi connectivity index (χ2n) is 9.18. The monoisotopic (exact) mass is 484 g/mol. The third-order valence-electron chi connectivity index (χ3n) is 6.51. The number of hydrogen-bond donors (Lipinski definition) is 2. The Morgan fingerprint density at radius 1 is 1.08 bits per heavy atom.